The molecule has 0 bridgehead atoms. The monoisotopic (exact) mass is 254 g/mol. The molecule has 0 saturated heterocycles. The van der Waals surface area contributed by atoms with Gasteiger partial charge >= 0.3 is 0 Å². The number of nitrogens with two attached hydrogens (primary N) is 1. The van der Waals surface area contributed by atoms with E-state index in [9.17, 15) is 9.59 Å². The van der Waals surface area contributed by atoms with Gasteiger partial charge in [0, 0.05) is 18.7 Å². The Bertz CT molecular complexity index is 278. The lowest BCUT2D eigenvalue weighted by atomic mass is 10.1. The number of amides is 2. The van der Waals surface area contributed by atoms with Crippen LogP contribution in [0.3, 0.4) is 0 Å². The van der Waals surface area contributed by atoms with Crippen molar-refractivity contribution >= 4 is 11.8 Å². The zero-order valence-corrected chi connectivity index (χ0v) is 12.0. The standard InChI is InChI=1S/C9H13NO2.C5H13N/c1-7(2)5-6-10-8(11)3-4-9(10)12;1-5(2)3-4-6/h3-4,7H,5-6H2,1-2H3;5H,3-4,6H2,1-2H3. The van der Waals surface area contributed by atoms with Gasteiger partial charge < -0.3 is 5.73 Å². The number of hydrogen-bond acceptors (Lipinski definition) is 3. The van der Waals surface area contributed by atoms with Crippen molar-refractivity contribution in [2.24, 2.45) is 17.6 Å². The second-order valence-electron chi connectivity index (χ2n) is 5.32. The summed E-state index contributed by atoms with van der Waals surface area (Å²) in [5.41, 5.74) is 5.23. The quantitative estimate of drug-likeness (QED) is 0.763. The molecule has 0 spiro atoms. The molecule has 0 aromatic heterocycles. The second kappa shape index (κ2) is 8.86. The van der Waals surface area contributed by atoms with Crippen LogP contribution in [-0.2, 0) is 9.59 Å². The summed E-state index contributed by atoms with van der Waals surface area (Å²) in [5.74, 6) is 0.933. The number of rotatable bonds is 5. The van der Waals surface area contributed by atoms with E-state index in [2.05, 4.69) is 27.7 Å². The van der Waals surface area contributed by atoms with Gasteiger partial charge in [-0.15, -0.1) is 0 Å². The lowest BCUT2D eigenvalue weighted by Gasteiger charge is -2.14. The Morgan fingerprint density at radius 3 is 1.72 bits per heavy atom. The molecule has 0 unspecified atom stereocenters. The van der Waals surface area contributed by atoms with Crippen LogP contribution in [0.5, 0.6) is 0 Å². The average Bonchev–Trinajstić information content (AvgIpc) is 2.56. The lowest BCUT2D eigenvalue weighted by molar-refractivity contribution is -0.136. The number of imide groups is 1. The average molecular weight is 254 g/mol. The third-order valence-corrected chi connectivity index (χ3v) is 2.57. The van der Waals surface area contributed by atoms with Crippen molar-refractivity contribution in [1.82, 2.24) is 4.90 Å². The van der Waals surface area contributed by atoms with E-state index in [0.717, 1.165) is 25.3 Å². The molecule has 0 aromatic carbocycles. The molecule has 1 aliphatic rings. The van der Waals surface area contributed by atoms with E-state index in [1.54, 1.807) is 0 Å². The van der Waals surface area contributed by atoms with Crippen LogP contribution in [0.4, 0.5) is 0 Å². The van der Waals surface area contributed by atoms with Crippen molar-refractivity contribution in [2.45, 2.75) is 40.5 Å². The summed E-state index contributed by atoms with van der Waals surface area (Å²) in [6.45, 7) is 9.86. The molecule has 0 atom stereocenters. The van der Waals surface area contributed by atoms with E-state index in [4.69, 9.17) is 5.73 Å². The highest BCUT2D eigenvalue weighted by molar-refractivity contribution is 6.12. The summed E-state index contributed by atoms with van der Waals surface area (Å²) >= 11 is 0. The van der Waals surface area contributed by atoms with E-state index >= 15 is 0 Å². The van der Waals surface area contributed by atoms with Gasteiger partial charge in [0.05, 0.1) is 0 Å². The first-order valence-corrected chi connectivity index (χ1v) is 6.62. The van der Waals surface area contributed by atoms with E-state index in [-0.39, 0.29) is 11.8 Å². The van der Waals surface area contributed by atoms with E-state index < -0.39 is 0 Å². The van der Waals surface area contributed by atoms with Crippen LogP contribution in [0.25, 0.3) is 0 Å². The van der Waals surface area contributed by atoms with E-state index in [1.165, 1.54) is 17.1 Å². The molecule has 0 saturated carbocycles. The zero-order valence-electron chi connectivity index (χ0n) is 12.0. The predicted octanol–water partition coefficient (Wildman–Crippen LogP) is 1.95. The maximum Gasteiger partial charge on any atom is 0.253 e. The molecule has 0 aromatic rings. The molecule has 0 fully saturated rings. The van der Waals surface area contributed by atoms with Gasteiger partial charge in [0.2, 0.25) is 0 Å². The first-order valence-electron chi connectivity index (χ1n) is 6.62. The molecule has 1 aliphatic heterocycles. The van der Waals surface area contributed by atoms with Crippen LogP contribution in [0.1, 0.15) is 40.5 Å². The molecule has 2 amide bonds. The first-order chi connectivity index (χ1) is 8.38. The summed E-state index contributed by atoms with van der Waals surface area (Å²) in [5, 5.41) is 0. The number of carbonyl (C=O) groups excluding carboxylic acids is 2. The van der Waals surface area contributed by atoms with Crippen molar-refractivity contribution < 1.29 is 9.59 Å². The fraction of sp³-hybridized carbons (Fsp3) is 0.714. The molecule has 18 heavy (non-hydrogen) atoms. The Kier molecular flexibility index (Phi) is 8.29. The van der Waals surface area contributed by atoms with Crippen molar-refractivity contribution in [3.63, 3.8) is 0 Å². The van der Waals surface area contributed by atoms with Gasteiger partial charge in [0.1, 0.15) is 0 Å². The van der Waals surface area contributed by atoms with Crippen molar-refractivity contribution in [2.75, 3.05) is 13.1 Å². The van der Waals surface area contributed by atoms with Gasteiger partial charge in [-0.1, -0.05) is 27.7 Å². The fourth-order valence-electron chi connectivity index (χ4n) is 1.37. The SMILES string of the molecule is CC(C)CCN.CC(C)CCN1C(=O)C=CC1=O. The third kappa shape index (κ3) is 7.22. The summed E-state index contributed by atoms with van der Waals surface area (Å²) < 4.78 is 0. The topological polar surface area (TPSA) is 63.4 Å². The maximum absolute atomic E-state index is 11.0. The first kappa shape index (κ1) is 16.8. The summed E-state index contributed by atoms with van der Waals surface area (Å²) in [4.78, 5) is 23.3. The van der Waals surface area contributed by atoms with Gasteiger partial charge in [-0.05, 0) is 31.2 Å². The van der Waals surface area contributed by atoms with Crippen molar-refractivity contribution in [3.05, 3.63) is 12.2 Å². The van der Waals surface area contributed by atoms with Gasteiger partial charge in [-0.3, -0.25) is 14.5 Å². The van der Waals surface area contributed by atoms with Crippen LogP contribution in [0.15, 0.2) is 12.2 Å². The highest BCUT2D eigenvalue weighted by Crippen LogP contribution is 2.07. The van der Waals surface area contributed by atoms with E-state index in [0.29, 0.717) is 12.5 Å². The Morgan fingerprint density at radius 1 is 1.00 bits per heavy atom. The molecule has 0 aliphatic carbocycles. The summed E-state index contributed by atoms with van der Waals surface area (Å²) in [6, 6.07) is 0. The summed E-state index contributed by atoms with van der Waals surface area (Å²) in [6.07, 6.45) is 4.67. The minimum absolute atomic E-state index is 0.180. The van der Waals surface area contributed by atoms with Crippen LogP contribution < -0.4 is 5.73 Å². The molecular formula is C14H26N2O2. The maximum atomic E-state index is 11.0. The smallest absolute Gasteiger partial charge is 0.253 e. The molecular weight excluding hydrogens is 228 g/mol. The Balaban J connectivity index is 0.000000411. The van der Waals surface area contributed by atoms with Gasteiger partial charge in [0.15, 0.2) is 0 Å². The Labute approximate surface area is 110 Å². The Hall–Kier alpha value is -1.16. The zero-order chi connectivity index (χ0) is 14.1. The Morgan fingerprint density at radius 2 is 1.44 bits per heavy atom. The minimum Gasteiger partial charge on any atom is -0.330 e. The highest BCUT2D eigenvalue weighted by Gasteiger charge is 2.22. The van der Waals surface area contributed by atoms with Crippen molar-refractivity contribution in [1.29, 1.82) is 0 Å². The molecule has 104 valence electrons. The lowest BCUT2D eigenvalue weighted by Crippen LogP contribution is -2.31. The number of hydrogen-bond donors (Lipinski definition) is 1. The minimum atomic E-state index is -0.180. The molecule has 0 radical (unpaired) electrons. The van der Waals surface area contributed by atoms with Gasteiger partial charge in [0.25, 0.3) is 11.8 Å². The van der Waals surface area contributed by atoms with Gasteiger partial charge in [-0.25, -0.2) is 0 Å². The molecule has 1 rings (SSSR count). The predicted molar refractivity (Wildman–Crippen MR) is 73.8 cm³/mol. The fourth-order valence-corrected chi connectivity index (χ4v) is 1.37. The normalized spacial score (nSPS) is 14.5. The molecule has 1 heterocycles. The van der Waals surface area contributed by atoms with Crippen molar-refractivity contribution in [3.8, 4) is 0 Å². The van der Waals surface area contributed by atoms with Crippen LogP contribution in [0.2, 0.25) is 0 Å². The third-order valence-electron chi connectivity index (χ3n) is 2.57. The summed E-state index contributed by atoms with van der Waals surface area (Å²) in [7, 11) is 0. The number of nitrogens with zero attached hydrogens (tertiary/aromatic N) is 1. The number of carbonyl (C=O) groups is 2. The van der Waals surface area contributed by atoms with E-state index in [1.807, 2.05) is 0 Å². The molecule has 4 heteroatoms. The largest absolute Gasteiger partial charge is 0.330 e. The highest BCUT2D eigenvalue weighted by atomic mass is 16.2. The van der Waals surface area contributed by atoms with Crippen LogP contribution >= 0.6 is 0 Å². The second-order valence-corrected chi connectivity index (χ2v) is 5.32. The van der Waals surface area contributed by atoms with Crippen LogP contribution in [0, 0.1) is 11.8 Å². The molecule has 4 nitrogen and oxygen atoms in total. The van der Waals surface area contributed by atoms with Crippen LogP contribution in [-0.4, -0.2) is 29.8 Å². The van der Waals surface area contributed by atoms with Gasteiger partial charge in [-0.2, -0.15) is 0 Å². The molecule has 2 N–H and O–H groups in total.